The third-order valence-electron chi connectivity index (χ3n) is 3.82. The number of amides is 1. The van der Waals surface area contributed by atoms with Crippen molar-refractivity contribution in [1.29, 1.82) is 0 Å². The Morgan fingerprint density at radius 1 is 1.12 bits per heavy atom. The van der Waals surface area contributed by atoms with Gasteiger partial charge in [0.15, 0.2) is 9.84 Å². The second kappa shape index (κ2) is 7.13. The SMILES string of the molecule is C[C@H](c1ccc(Cl)cc1Cl)N(C)C(=O)c1cccc(S(C)(=O)=O)c1. The molecule has 0 heterocycles. The van der Waals surface area contributed by atoms with Crippen LogP contribution in [-0.2, 0) is 9.84 Å². The van der Waals surface area contributed by atoms with Crippen LogP contribution in [0.1, 0.15) is 28.9 Å². The number of hydrogen-bond acceptors (Lipinski definition) is 3. The number of rotatable bonds is 4. The summed E-state index contributed by atoms with van der Waals surface area (Å²) in [6.45, 7) is 1.84. The number of halogens is 2. The van der Waals surface area contributed by atoms with Crippen molar-refractivity contribution < 1.29 is 13.2 Å². The zero-order valence-electron chi connectivity index (χ0n) is 13.5. The largest absolute Gasteiger partial charge is 0.335 e. The first kappa shape index (κ1) is 18.8. The summed E-state index contributed by atoms with van der Waals surface area (Å²) in [6.07, 6.45) is 1.11. The molecule has 7 heteroatoms. The molecular weight excluding hydrogens is 369 g/mol. The van der Waals surface area contributed by atoms with E-state index < -0.39 is 9.84 Å². The number of hydrogen-bond donors (Lipinski definition) is 0. The molecule has 0 N–H and O–H groups in total. The van der Waals surface area contributed by atoms with Gasteiger partial charge in [0.1, 0.15) is 0 Å². The van der Waals surface area contributed by atoms with Crippen LogP contribution in [0.4, 0.5) is 0 Å². The summed E-state index contributed by atoms with van der Waals surface area (Å²) in [7, 11) is -1.73. The Balaban J connectivity index is 2.32. The maximum atomic E-state index is 12.7. The standard InChI is InChI=1S/C17H17Cl2NO3S/c1-11(15-8-7-13(18)10-16(15)19)20(2)17(21)12-5-4-6-14(9-12)24(3,22)23/h4-11H,1-3H3/t11-/m1/s1. The molecule has 4 nitrogen and oxygen atoms in total. The van der Waals surface area contributed by atoms with E-state index in [2.05, 4.69) is 0 Å². The quantitative estimate of drug-likeness (QED) is 0.790. The minimum absolute atomic E-state index is 0.110. The molecule has 0 aliphatic heterocycles. The first-order valence-electron chi connectivity index (χ1n) is 7.13. The molecule has 0 saturated heterocycles. The van der Waals surface area contributed by atoms with Crippen LogP contribution in [0.15, 0.2) is 47.4 Å². The van der Waals surface area contributed by atoms with Gasteiger partial charge in [-0.25, -0.2) is 8.42 Å². The second-order valence-electron chi connectivity index (χ2n) is 5.56. The molecule has 0 saturated carbocycles. The molecule has 0 radical (unpaired) electrons. The van der Waals surface area contributed by atoms with Crippen molar-refractivity contribution in [1.82, 2.24) is 4.90 Å². The maximum Gasteiger partial charge on any atom is 0.254 e. The van der Waals surface area contributed by atoms with Gasteiger partial charge in [0, 0.05) is 28.9 Å². The fraction of sp³-hybridized carbons (Fsp3) is 0.235. The van der Waals surface area contributed by atoms with Gasteiger partial charge < -0.3 is 4.90 Å². The van der Waals surface area contributed by atoms with Gasteiger partial charge in [-0.05, 0) is 42.8 Å². The minimum atomic E-state index is -3.37. The van der Waals surface area contributed by atoms with Crippen molar-refractivity contribution in [3.63, 3.8) is 0 Å². The van der Waals surface area contributed by atoms with Gasteiger partial charge in [0.2, 0.25) is 0 Å². The molecule has 0 aromatic heterocycles. The Morgan fingerprint density at radius 3 is 2.38 bits per heavy atom. The van der Waals surface area contributed by atoms with Crippen LogP contribution in [0.5, 0.6) is 0 Å². The van der Waals surface area contributed by atoms with E-state index in [4.69, 9.17) is 23.2 Å². The van der Waals surface area contributed by atoms with Crippen LogP contribution >= 0.6 is 23.2 Å². The molecular formula is C17H17Cl2NO3S. The van der Waals surface area contributed by atoms with Crippen LogP contribution in [0.3, 0.4) is 0 Å². The molecule has 1 atom stereocenters. The van der Waals surface area contributed by atoms with Crippen LogP contribution in [0.25, 0.3) is 0 Å². The molecule has 128 valence electrons. The van der Waals surface area contributed by atoms with Gasteiger partial charge in [-0.15, -0.1) is 0 Å². The van der Waals surface area contributed by atoms with E-state index in [1.165, 1.54) is 17.0 Å². The number of carbonyl (C=O) groups excluding carboxylic acids is 1. The molecule has 0 fully saturated rings. The van der Waals surface area contributed by atoms with Gasteiger partial charge in [-0.3, -0.25) is 4.79 Å². The van der Waals surface area contributed by atoms with Gasteiger partial charge in [-0.1, -0.05) is 35.3 Å². The highest BCUT2D eigenvalue weighted by Gasteiger charge is 2.22. The normalized spacial score (nSPS) is 12.7. The van der Waals surface area contributed by atoms with Crippen LogP contribution in [-0.4, -0.2) is 32.5 Å². The fourth-order valence-corrected chi connectivity index (χ4v) is 3.52. The van der Waals surface area contributed by atoms with E-state index in [0.29, 0.717) is 15.6 Å². The van der Waals surface area contributed by atoms with E-state index in [1.807, 2.05) is 6.92 Å². The smallest absolute Gasteiger partial charge is 0.254 e. The minimum Gasteiger partial charge on any atom is -0.335 e. The van der Waals surface area contributed by atoms with Crippen LogP contribution in [0, 0.1) is 0 Å². The first-order valence-corrected chi connectivity index (χ1v) is 9.78. The van der Waals surface area contributed by atoms with Crippen LogP contribution in [0.2, 0.25) is 10.0 Å². The Morgan fingerprint density at radius 2 is 1.79 bits per heavy atom. The van der Waals surface area contributed by atoms with Crippen molar-refractivity contribution >= 4 is 38.9 Å². The predicted molar refractivity (Wildman–Crippen MR) is 96.5 cm³/mol. The van der Waals surface area contributed by atoms with Crippen molar-refractivity contribution in [2.45, 2.75) is 17.9 Å². The molecule has 0 spiro atoms. The summed E-state index contributed by atoms with van der Waals surface area (Å²) in [4.78, 5) is 14.3. The third-order valence-corrected chi connectivity index (χ3v) is 5.50. The van der Waals surface area contributed by atoms with Crippen molar-refractivity contribution in [3.8, 4) is 0 Å². The predicted octanol–water partition coefficient (Wildman–Crippen LogP) is 4.23. The monoisotopic (exact) mass is 385 g/mol. The number of sulfone groups is 1. The second-order valence-corrected chi connectivity index (χ2v) is 8.42. The molecule has 0 aliphatic carbocycles. The fourth-order valence-electron chi connectivity index (χ4n) is 2.29. The highest BCUT2D eigenvalue weighted by Crippen LogP contribution is 2.30. The molecule has 2 rings (SSSR count). The van der Waals surface area contributed by atoms with Gasteiger partial charge >= 0.3 is 0 Å². The zero-order chi connectivity index (χ0) is 18.1. The average molecular weight is 386 g/mol. The Labute approximate surface area is 151 Å². The lowest BCUT2D eigenvalue weighted by Gasteiger charge is -2.26. The molecule has 1 amide bonds. The van der Waals surface area contributed by atoms with E-state index >= 15 is 0 Å². The summed E-state index contributed by atoms with van der Waals surface area (Å²) in [6, 6.07) is 10.8. The third kappa shape index (κ3) is 4.09. The molecule has 0 bridgehead atoms. The van der Waals surface area contributed by atoms with E-state index in [9.17, 15) is 13.2 Å². The Kier molecular flexibility index (Phi) is 5.58. The number of nitrogens with zero attached hydrogens (tertiary/aromatic N) is 1. The molecule has 0 aliphatic rings. The summed E-state index contributed by atoms with van der Waals surface area (Å²) in [5.41, 5.74) is 1.06. The van der Waals surface area contributed by atoms with E-state index in [-0.39, 0.29) is 16.8 Å². The lowest BCUT2D eigenvalue weighted by Crippen LogP contribution is -2.30. The van der Waals surface area contributed by atoms with E-state index in [0.717, 1.165) is 11.8 Å². The summed E-state index contributed by atoms with van der Waals surface area (Å²) >= 11 is 12.1. The topological polar surface area (TPSA) is 54.5 Å². The lowest BCUT2D eigenvalue weighted by atomic mass is 10.1. The van der Waals surface area contributed by atoms with Crippen molar-refractivity contribution in [2.75, 3.05) is 13.3 Å². The Hall–Kier alpha value is -1.56. The maximum absolute atomic E-state index is 12.7. The molecule has 24 heavy (non-hydrogen) atoms. The van der Waals surface area contributed by atoms with Gasteiger partial charge in [0.05, 0.1) is 10.9 Å². The average Bonchev–Trinajstić information content (AvgIpc) is 2.52. The summed E-state index contributed by atoms with van der Waals surface area (Å²) in [5.74, 6) is -0.293. The van der Waals surface area contributed by atoms with Crippen molar-refractivity contribution in [2.24, 2.45) is 0 Å². The van der Waals surface area contributed by atoms with E-state index in [1.54, 1.807) is 37.4 Å². The van der Waals surface area contributed by atoms with Crippen molar-refractivity contribution in [3.05, 3.63) is 63.6 Å². The highest BCUT2D eigenvalue weighted by atomic mass is 35.5. The van der Waals surface area contributed by atoms with Crippen LogP contribution < -0.4 is 0 Å². The first-order chi connectivity index (χ1) is 11.1. The number of carbonyl (C=O) groups is 1. The highest BCUT2D eigenvalue weighted by molar-refractivity contribution is 7.90. The summed E-state index contributed by atoms with van der Waals surface area (Å²) in [5, 5.41) is 0.991. The molecule has 2 aromatic carbocycles. The Bertz CT molecular complexity index is 881. The molecule has 0 unspecified atom stereocenters. The summed E-state index contributed by atoms with van der Waals surface area (Å²) < 4.78 is 23.3. The lowest BCUT2D eigenvalue weighted by molar-refractivity contribution is 0.0742. The molecule has 2 aromatic rings. The zero-order valence-corrected chi connectivity index (χ0v) is 15.8. The number of benzene rings is 2. The van der Waals surface area contributed by atoms with Gasteiger partial charge in [-0.2, -0.15) is 0 Å². The van der Waals surface area contributed by atoms with Gasteiger partial charge in [0.25, 0.3) is 5.91 Å².